The van der Waals surface area contributed by atoms with Gasteiger partial charge in [-0.15, -0.1) is 0 Å². The molecule has 0 heterocycles. The average Bonchev–Trinajstić information content (AvgIpc) is 2.14. The van der Waals surface area contributed by atoms with Gasteiger partial charge >= 0.3 is 0 Å². The van der Waals surface area contributed by atoms with Crippen molar-refractivity contribution >= 4 is 0 Å². The van der Waals surface area contributed by atoms with Crippen LogP contribution in [0.4, 0.5) is 0 Å². The van der Waals surface area contributed by atoms with E-state index in [1.165, 1.54) is 12.2 Å². The predicted octanol–water partition coefficient (Wildman–Crippen LogP) is 0.260. The second-order valence-corrected chi connectivity index (χ2v) is 1.77. The van der Waals surface area contributed by atoms with Gasteiger partial charge in [-0.1, -0.05) is 11.8 Å². The van der Waals surface area contributed by atoms with Crippen LogP contribution in [0.1, 0.15) is 0 Å². The number of hydrogen-bond donors (Lipinski definition) is 2. The third-order valence-corrected chi connectivity index (χ3v) is 1.03. The maximum Gasteiger partial charge on any atom is 0.158 e. The number of hydrogen-bond acceptors (Lipinski definition) is 3. The Labute approximate surface area is 58.7 Å². The van der Waals surface area contributed by atoms with Crippen molar-refractivity contribution in [2.24, 2.45) is 5.90 Å². The maximum atomic E-state index is 8.88. The van der Waals surface area contributed by atoms with Crippen LogP contribution in [-0.2, 0) is 4.84 Å². The molecule has 0 aromatic rings. The molecule has 0 spiro atoms. The van der Waals surface area contributed by atoms with Crippen LogP contribution < -0.4 is 5.90 Å². The van der Waals surface area contributed by atoms with Crippen molar-refractivity contribution in [1.29, 1.82) is 0 Å². The molecule has 10 heavy (non-hydrogen) atoms. The molecule has 1 atom stereocenters. The molecule has 3 N–H and O–H groups in total. The molecule has 0 saturated carbocycles. The third-order valence-electron chi connectivity index (χ3n) is 1.03. The lowest BCUT2D eigenvalue weighted by Crippen LogP contribution is -2.11. The van der Waals surface area contributed by atoms with Gasteiger partial charge in [-0.2, -0.15) is 0 Å². The van der Waals surface area contributed by atoms with Gasteiger partial charge in [0.25, 0.3) is 0 Å². The van der Waals surface area contributed by atoms with E-state index in [1.807, 2.05) is 0 Å². The molecule has 1 rings (SSSR count). The first-order valence-corrected chi connectivity index (χ1v) is 2.77. The summed E-state index contributed by atoms with van der Waals surface area (Å²) in [6.45, 7) is 0. The Bertz CT molecular complexity index is 232. The molecule has 0 bridgehead atoms. The monoisotopic (exact) mass is 137 g/mol. The summed E-state index contributed by atoms with van der Waals surface area (Å²) >= 11 is 0. The van der Waals surface area contributed by atoms with E-state index in [1.54, 1.807) is 6.08 Å². The van der Waals surface area contributed by atoms with Crippen LogP contribution in [-0.4, -0.2) is 11.2 Å². The lowest BCUT2D eigenvalue weighted by molar-refractivity contribution is 0.124. The van der Waals surface area contributed by atoms with Gasteiger partial charge in [0.2, 0.25) is 0 Å². The summed E-state index contributed by atoms with van der Waals surface area (Å²) in [5.74, 6) is 10.2. The highest BCUT2D eigenvalue weighted by Crippen LogP contribution is 1.98. The van der Waals surface area contributed by atoms with Crippen LogP contribution in [0.3, 0.4) is 0 Å². The van der Waals surface area contributed by atoms with Crippen molar-refractivity contribution < 1.29 is 9.94 Å². The third kappa shape index (κ3) is 1.62. The number of aliphatic hydroxyl groups excluding tert-OH is 1. The van der Waals surface area contributed by atoms with Crippen molar-refractivity contribution in [2.45, 2.75) is 6.10 Å². The lowest BCUT2D eigenvalue weighted by atomic mass is 10.3. The summed E-state index contributed by atoms with van der Waals surface area (Å²) in [4.78, 5) is 4.41. The molecule has 1 aliphatic rings. The molecule has 0 aliphatic heterocycles. The van der Waals surface area contributed by atoms with Gasteiger partial charge in [0.15, 0.2) is 6.10 Å². The molecule has 52 valence electrons. The molecule has 0 fully saturated rings. The molecule has 1 unspecified atom stereocenters. The largest absolute Gasteiger partial charge is 0.507 e. The number of allylic oxidation sites excluding steroid dienone is 2. The minimum Gasteiger partial charge on any atom is -0.507 e. The van der Waals surface area contributed by atoms with Crippen LogP contribution in [0.25, 0.3) is 0 Å². The minimum atomic E-state index is -0.416. The van der Waals surface area contributed by atoms with E-state index in [2.05, 4.69) is 16.7 Å². The van der Waals surface area contributed by atoms with Gasteiger partial charge in [0.1, 0.15) is 5.76 Å². The Morgan fingerprint density at radius 2 is 2.50 bits per heavy atom. The molecule has 3 nitrogen and oxygen atoms in total. The zero-order valence-electron chi connectivity index (χ0n) is 5.24. The number of aliphatic hydroxyl groups is 1. The van der Waals surface area contributed by atoms with E-state index in [4.69, 9.17) is 11.0 Å². The smallest absolute Gasteiger partial charge is 0.158 e. The van der Waals surface area contributed by atoms with Crippen LogP contribution >= 0.6 is 0 Å². The van der Waals surface area contributed by atoms with E-state index in [0.717, 1.165) is 0 Å². The van der Waals surface area contributed by atoms with E-state index in [0.29, 0.717) is 0 Å². The molecular formula is C7H7NO2. The second-order valence-electron chi connectivity index (χ2n) is 1.77. The highest BCUT2D eigenvalue weighted by atomic mass is 16.6. The standard InChI is InChI=1S/C7H7NO2/c8-10-7-3-1-2-6(9)4-5-7/h2,4-5,7,9H,8H2. The van der Waals surface area contributed by atoms with Gasteiger partial charge < -0.3 is 5.11 Å². The summed E-state index contributed by atoms with van der Waals surface area (Å²) in [7, 11) is 0. The van der Waals surface area contributed by atoms with Crippen molar-refractivity contribution in [2.75, 3.05) is 0 Å². The fraction of sp³-hybridized carbons (Fsp3) is 0.143. The van der Waals surface area contributed by atoms with E-state index >= 15 is 0 Å². The van der Waals surface area contributed by atoms with E-state index in [9.17, 15) is 0 Å². The molecule has 0 aromatic carbocycles. The van der Waals surface area contributed by atoms with Crippen LogP contribution in [0.2, 0.25) is 0 Å². The Hall–Kier alpha value is -1.24. The van der Waals surface area contributed by atoms with Gasteiger partial charge in [0, 0.05) is 6.08 Å². The molecule has 1 aliphatic carbocycles. The quantitative estimate of drug-likeness (QED) is 0.402. The van der Waals surface area contributed by atoms with Gasteiger partial charge in [-0.05, 0) is 12.2 Å². The minimum absolute atomic E-state index is 0.118. The van der Waals surface area contributed by atoms with E-state index < -0.39 is 6.10 Å². The summed E-state index contributed by atoms with van der Waals surface area (Å²) in [5.41, 5.74) is 0. The molecule has 0 saturated heterocycles. The molecule has 0 amide bonds. The van der Waals surface area contributed by atoms with Gasteiger partial charge in [-0.3, -0.25) is 4.84 Å². The predicted molar refractivity (Wildman–Crippen MR) is 36.7 cm³/mol. The maximum absolute atomic E-state index is 8.88. The van der Waals surface area contributed by atoms with Crippen molar-refractivity contribution in [3.63, 3.8) is 0 Å². The second kappa shape index (κ2) is 3.06. The summed E-state index contributed by atoms with van der Waals surface area (Å²) in [6.07, 6.45) is 4.02. The molecular weight excluding hydrogens is 130 g/mol. The van der Waals surface area contributed by atoms with E-state index in [-0.39, 0.29) is 5.76 Å². The summed E-state index contributed by atoms with van der Waals surface area (Å²) in [6, 6.07) is 0. The zero-order valence-corrected chi connectivity index (χ0v) is 5.24. The molecule has 3 heteroatoms. The van der Waals surface area contributed by atoms with Crippen molar-refractivity contribution in [3.05, 3.63) is 24.0 Å². The Kier molecular flexibility index (Phi) is 2.11. The normalized spacial score (nSPS) is 22.5. The average molecular weight is 137 g/mol. The number of rotatable bonds is 1. The van der Waals surface area contributed by atoms with Gasteiger partial charge in [-0.25, -0.2) is 5.90 Å². The van der Waals surface area contributed by atoms with Crippen LogP contribution in [0, 0.1) is 11.8 Å². The highest BCUT2D eigenvalue weighted by Gasteiger charge is 1.98. The van der Waals surface area contributed by atoms with Crippen LogP contribution in [0.15, 0.2) is 24.0 Å². The van der Waals surface area contributed by atoms with Crippen LogP contribution in [0.5, 0.6) is 0 Å². The Morgan fingerprint density at radius 1 is 1.70 bits per heavy atom. The zero-order chi connectivity index (χ0) is 7.40. The first-order chi connectivity index (χ1) is 4.83. The topological polar surface area (TPSA) is 55.5 Å². The van der Waals surface area contributed by atoms with Crippen molar-refractivity contribution in [3.8, 4) is 11.8 Å². The highest BCUT2D eigenvalue weighted by molar-refractivity contribution is 5.31. The SMILES string of the molecule is NOC1C#CC=C(O)C=C1. The Balaban J connectivity index is 2.73. The summed E-state index contributed by atoms with van der Waals surface area (Å²) < 4.78 is 0. The first kappa shape index (κ1) is 6.87. The Morgan fingerprint density at radius 3 is 3.20 bits per heavy atom. The lowest BCUT2D eigenvalue weighted by Gasteiger charge is -1.97. The molecule has 0 aromatic heterocycles. The van der Waals surface area contributed by atoms with Crippen molar-refractivity contribution in [1.82, 2.24) is 0 Å². The molecule has 0 radical (unpaired) electrons. The first-order valence-electron chi connectivity index (χ1n) is 2.77. The van der Waals surface area contributed by atoms with Gasteiger partial charge in [0.05, 0.1) is 0 Å². The number of nitrogens with two attached hydrogens (primary N) is 1. The summed E-state index contributed by atoms with van der Waals surface area (Å²) in [5, 5.41) is 8.88. The fourth-order valence-electron chi connectivity index (χ4n) is 0.559. The fourth-order valence-corrected chi connectivity index (χ4v) is 0.559.